The molecular formula is C18H20N6O3. The number of methoxy groups -OCH3 is 2. The lowest BCUT2D eigenvalue weighted by atomic mass is 10.1. The zero-order chi connectivity index (χ0) is 19.4. The SMILES string of the molecule is COc1cc(-c2ccc(C(=O)NC(C)c3ncnn3C)cc2)nc(OC)n1. The monoisotopic (exact) mass is 368 g/mol. The van der Waals surface area contributed by atoms with Crippen LogP contribution in [0, 0.1) is 0 Å². The first-order valence-electron chi connectivity index (χ1n) is 8.24. The fraction of sp³-hybridized carbons (Fsp3) is 0.278. The molecule has 0 radical (unpaired) electrons. The van der Waals surface area contributed by atoms with Gasteiger partial charge in [0.05, 0.1) is 26.0 Å². The molecule has 0 saturated carbocycles. The molecule has 9 heteroatoms. The summed E-state index contributed by atoms with van der Waals surface area (Å²) in [6.45, 7) is 1.86. The molecule has 3 rings (SSSR count). The first-order valence-corrected chi connectivity index (χ1v) is 8.24. The Kier molecular flexibility index (Phi) is 5.30. The van der Waals surface area contributed by atoms with Gasteiger partial charge >= 0.3 is 6.01 Å². The largest absolute Gasteiger partial charge is 0.481 e. The molecule has 0 bridgehead atoms. The molecule has 1 N–H and O–H groups in total. The minimum Gasteiger partial charge on any atom is -0.481 e. The number of rotatable bonds is 6. The van der Waals surface area contributed by atoms with Crippen molar-refractivity contribution in [2.45, 2.75) is 13.0 Å². The van der Waals surface area contributed by atoms with Crippen molar-refractivity contribution in [3.05, 3.63) is 48.0 Å². The van der Waals surface area contributed by atoms with Crippen LogP contribution in [0.3, 0.4) is 0 Å². The van der Waals surface area contributed by atoms with Gasteiger partial charge in [0, 0.05) is 24.2 Å². The van der Waals surface area contributed by atoms with Gasteiger partial charge in [-0.2, -0.15) is 15.1 Å². The summed E-state index contributed by atoms with van der Waals surface area (Å²) in [5.41, 5.74) is 1.98. The molecule has 1 atom stereocenters. The summed E-state index contributed by atoms with van der Waals surface area (Å²) in [6.07, 6.45) is 1.46. The van der Waals surface area contributed by atoms with Gasteiger partial charge in [-0.1, -0.05) is 12.1 Å². The summed E-state index contributed by atoms with van der Waals surface area (Å²) < 4.78 is 11.9. The van der Waals surface area contributed by atoms with Crippen molar-refractivity contribution >= 4 is 5.91 Å². The molecule has 9 nitrogen and oxygen atoms in total. The number of benzene rings is 1. The van der Waals surface area contributed by atoms with E-state index in [9.17, 15) is 4.79 Å². The van der Waals surface area contributed by atoms with Gasteiger partial charge in [-0.15, -0.1) is 0 Å². The van der Waals surface area contributed by atoms with Gasteiger partial charge < -0.3 is 14.8 Å². The van der Waals surface area contributed by atoms with Gasteiger partial charge in [0.25, 0.3) is 5.91 Å². The first kappa shape index (κ1) is 18.3. The van der Waals surface area contributed by atoms with Gasteiger partial charge in [-0.3, -0.25) is 9.48 Å². The third-order valence-electron chi connectivity index (χ3n) is 4.00. The lowest BCUT2D eigenvalue weighted by Crippen LogP contribution is -2.28. The molecule has 2 aromatic heterocycles. The highest BCUT2D eigenvalue weighted by molar-refractivity contribution is 5.94. The van der Waals surface area contributed by atoms with Crippen molar-refractivity contribution in [1.29, 1.82) is 0 Å². The Morgan fingerprint density at radius 1 is 1.15 bits per heavy atom. The van der Waals surface area contributed by atoms with Crippen molar-refractivity contribution in [2.75, 3.05) is 14.2 Å². The van der Waals surface area contributed by atoms with Gasteiger partial charge in [0.15, 0.2) is 0 Å². The molecule has 0 aliphatic carbocycles. The number of aromatic nitrogens is 5. The lowest BCUT2D eigenvalue weighted by Gasteiger charge is -2.13. The third-order valence-corrected chi connectivity index (χ3v) is 4.00. The molecule has 0 aliphatic heterocycles. The fourth-order valence-corrected chi connectivity index (χ4v) is 2.58. The Hall–Kier alpha value is -3.49. The van der Waals surface area contributed by atoms with Crippen molar-refractivity contribution in [2.24, 2.45) is 7.05 Å². The summed E-state index contributed by atoms with van der Waals surface area (Å²) in [5, 5.41) is 6.92. The van der Waals surface area contributed by atoms with Gasteiger partial charge in [-0.05, 0) is 19.1 Å². The normalized spacial score (nSPS) is 11.7. The van der Waals surface area contributed by atoms with Crippen LogP contribution in [-0.4, -0.2) is 44.9 Å². The summed E-state index contributed by atoms with van der Waals surface area (Å²) in [5.74, 6) is 0.881. The number of nitrogens with zero attached hydrogens (tertiary/aromatic N) is 5. The molecular weight excluding hydrogens is 348 g/mol. The Morgan fingerprint density at radius 3 is 2.48 bits per heavy atom. The molecule has 0 spiro atoms. The van der Waals surface area contributed by atoms with Gasteiger partial charge in [-0.25, -0.2) is 4.98 Å². The number of hydrogen-bond donors (Lipinski definition) is 1. The molecule has 1 amide bonds. The fourth-order valence-electron chi connectivity index (χ4n) is 2.58. The summed E-state index contributed by atoms with van der Waals surface area (Å²) in [4.78, 5) is 25.0. The Labute approximate surface area is 156 Å². The minimum absolute atomic E-state index is 0.199. The lowest BCUT2D eigenvalue weighted by molar-refractivity contribution is 0.0937. The van der Waals surface area contributed by atoms with E-state index in [2.05, 4.69) is 25.4 Å². The molecule has 1 unspecified atom stereocenters. The third kappa shape index (κ3) is 4.02. The Balaban J connectivity index is 1.77. The molecule has 140 valence electrons. The number of hydrogen-bond acceptors (Lipinski definition) is 7. The van der Waals surface area contributed by atoms with Crippen LogP contribution in [-0.2, 0) is 7.05 Å². The van der Waals surface area contributed by atoms with E-state index in [-0.39, 0.29) is 18.0 Å². The van der Waals surface area contributed by atoms with E-state index >= 15 is 0 Å². The molecule has 0 fully saturated rings. The number of ether oxygens (including phenoxy) is 2. The standard InChI is InChI=1S/C18H20N6O3/c1-11(16-19-10-20-24(16)2)21-17(25)13-7-5-12(6-8-13)14-9-15(26-3)23-18(22-14)27-4/h5-11H,1-4H3,(H,21,25). The first-order chi connectivity index (χ1) is 13.0. The molecule has 3 aromatic rings. The van der Waals surface area contributed by atoms with E-state index in [1.807, 2.05) is 19.1 Å². The maximum atomic E-state index is 12.5. The summed E-state index contributed by atoms with van der Waals surface area (Å²) in [6, 6.07) is 8.73. The average Bonchev–Trinajstić information content (AvgIpc) is 3.13. The zero-order valence-corrected chi connectivity index (χ0v) is 15.5. The second-order valence-corrected chi connectivity index (χ2v) is 5.80. The van der Waals surface area contributed by atoms with Crippen molar-refractivity contribution in [1.82, 2.24) is 30.0 Å². The smallest absolute Gasteiger partial charge is 0.320 e. The van der Waals surface area contributed by atoms with Crippen LogP contribution in [0.2, 0.25) is 0 Å². The van der Waals surface area contributed by atoms with Crippen molar-refractivity contribution < 1.29 is 14.3 Å². The maximum Gasteiger partial charge on any atom is 0.320 e. The highest BCUT2D eigenvalue weighted by Gasteiger charge is 2.15. The number of carbonyl (C=O) groups excluding carboxylic acids is 1. The van der Waals surface area contributed by atoms with Crippen LogP contribution < -0.4 is 14.8 Å². The van der Waals surface area contributed by atoms with Crippen LogP contribution in [0.1, 0.15) is 29.1 Å². The van der Waals surface area contributed by atoms with Gasteiger partial charge in [0.1, 0.15) is 12.2 Å². The number of nitrogens with one attached hydrogen (secondary N) is 1. The Morgan fingerprint density at radius 2 is 1.89 bits per heavy atom. The molecule has 1 aromatic carbocycles. The predicted molar refractivity (Wildman–Crippen MR) is 97.5 cm³/mol. The van der Waals surface area contributed by atoms with Crippen LogP contribution in [0.25, 0.3) is 11.3 Å². The van der Waals surface area contributed by atoms with E-state index in [0.717, 1.165) is 5.56 Å². The minimum atomic E-state index is -0.264. The molecule has 27 heavy (non-hydrogen) atoms. The summed E-state index contributed by atoms with van der Waals surface area (Å²) >= 11 is 0. The van der Waals surface area contributed by atoms with E-state index in [1.165, 1.54) is 20.5 Å². The molecule has 2 heterocycles. The van der Waals surface area contributed by atoms with E-state index < -0.39 is 0 Å². The zero-order valence-electron chi connectivity index (χ0n) is 15.5. The maximum absolute atomic E-state index is 12.5. The summed E-state index contributed by atoms with van der Waals surface area (Å²) in [7, 11) is 4.80. The van der Waals surface area contributed by atoms with Crippen LogP contribution in [0.4, 0.5) is 0 Å². The van der Waals surface area contributed by atoms with E-state index in [0.29, 0.717) is 23.0 Å². The van der Waals surface area contributed by atoms with E-state index in [4.69, 9.17) is 9.47 Å². The quantitative estimate of drug-likeness (QED) is 0.707. The van der Waals surface area contributed by atoms with Crippen LogP contribution in [0.15, 0.2) is 36.7 Å². The molecule has 0 aliphatic rings. The van der Waals surface area contributed by atoms with Gasteiger partial charge in [0.2, 0.25) is 5.88 Å². The second kappa shape index (κ2) is 7.81. The highest BCUT2D eigenvalue weighted by Crippen LogP contribution is 2.23. The topological polar surface area (TPSA) is 104 Å². The predicted octanol–water partition coefficient (Wildman–Crippen LogP) is 1.78. The number of aryl methyl sites for hydroxylation is 1. The van der Waals surface area contributed by atoms with Crippen molar-refractivity contribution in [3.63, 3.8) is 0 Å². The van der Waals surface area contributed by atoms with Crippen molar-refractivity contribution in [3.8, 4) is 23.1 Å². The van der Waals surface area contributed by atoms with Crippen LogP contribution in [0.5, 0.6) is 11.9 Å². The van der Waals surface area contributed by atoms with Crippen LogP contribution >= 0.6 is 0 Å². The number of carbonyl (C=O) groups is 1. The second-order valence-electron chi connectivity index (χ2n) is 5.80. The Bertz CT molecular complexity index is 916. The van der Waals surface area contributed by atoms with E-state index in [1.54, 1.807) is 29.9 Å². The highest BCUT2D eigenvalue weighted by atomic mass is 16.5. The average molecular weight is 368 g/mol. The molecule has 0 saturated heterocycles. The number of amides is 1.